The van der Waals surface area contributed by atoms with E-state index < -0.39 is 11.6 Å². The van der Waals surface area contributed by atoms with Crippen molar-refractivity contribution in [1.29, 1.82) is 0 Å². The summed E-state index contributed by atoms with van der Waals surface area (Å²) in [7, 11) is 3.11. The Labute approximate surface area is 105 Å². The molecule has 0 saturated carbocycles. The second-order valence-electron chi connectivity index (χ2n) is 4.36. The number of halogens is 2. The highest BCUT2D eigenvalue weighted by Crippen LogP contribution is 2.33. The Morgan fingerprint density at radius 2 is 2.06 bits per heavy atom. The van der Waals surface area contributed by atoms with Crippen molar-refractivity contribution in [2.24, 2.45) is 0 Å². The van der Waals surface area contributed by atoms with Gasteiger partial charge in [-0.3, -0.25) is 0 Å². The molecule has 3 nitrogen and oxygen atoms in total. The van der Waals surface area contributed by atoms with E-state index in [1.54, 1.807) is 14.2 Å². The van der Waals surface area contributed by atoms with Crippen LogP contribution < -0.4 is 5.32 Å². The van der Waals surface area contributed by atoms with Gasteiger partial charge in [-0.25, -0.2) is 8.78 Å². The Morgan fingerprint density at radius 3 is 2.72 bits per heavy atom. The Bertz CT molecular complexity index is 422. The van der Waals surface area contributed by atoms with Crippen molar-refractivity contribution in [3.8, 4) is 0 Å². The molecule has 5 heteroatoms. The fourth-order valence-corrected chi connectivity index (χ4v) is 2.36. The summed E-state index contributed by atoms with van der Waals surface area (Å²) in [5.41, 5.74) is 1.32. The van der Waals surface area contributed by atoms with Gasteiger partial charge in [0.15, 0.2) is 6.29 Å². The first kappa shape index (κ1) is 13.4. The molecule has 100 valence electrons. The molecule has 1 aromatic rings. The van der Waals surface area contributed by atoms with Gasteiger partial charge in [-0.2, -0.15) is 0 Å². The lowest BCUT2D eigenvalue weighted by molar-refractivity contribution is -0.0999. The van der Waals surface area contributed by atoms with E-state index in [1.807, 2.05) is 0 Å². The average molecular weight is 257 g/mol. The zero-order valence-electron chi connectivity index (χ0n) is 10.5. The molecule has 0 amide bonds. The van der Waals surface area contributed by atoms with Gasteiger partial charge in [0.05, 0.1) is 0 Å². The molecular formula is C13H17F2NO2. The van der Waals surface area contributed by atoms with Gasteiger partial charge in [-0.15, -0.1) is 0 Å². The number of benzene rings is 1. The normalized spacial score (nSPS) is 18.4. The highest BCUT2D eigenvalue weighted by Gasteiger charge is 2.26. The minimum atomic E-state index is -0.532. The molecule has 1 aromatic carbocycles. The molecule has 0 aromatic heterocycles. The molecule has 2 rings (SSSR count). The Morgan fingerprint density at radius 1 is 1.33 bits per heavy atom. The standard InChI is InChI=1S/C13H17F2NO2/c1-17-13(18-2)7-16-12-4-3-9-10(12)5-8(14)6-11(9)15/h5-6,12-13,16H,3-4,7H2,1-2H3. The summed E-state index contributed by atoms with van der Waals surface area (Å²) < 4.78 is 36.9. The maximum Gasteiger partial charge on any atom is 0.169 e. The van der Waals surface area contributed by atoms with Crippen molar-refractivity contribution in [3.63, 3.8) is 0 Å². The van der Waals surface area contributed by atoms with Crippen LogP contribution in [0.5, 0.6) is 0 Å². The number of methoxy groups -OCH3 is 2. The van der Waals surface area contributed by atoms with E-state index in [4.69, 9.17) is 9.47 Å². The van der Waals surface area contributed by atoms with Crippen molar-refractivity contribution in [1.82, 2.24) is 5.32 Å². The van der Waals surface area contributed by atoms with E-state index in [2.05, 4.69) is 5.32 Å². The van der Waals surface area contributed by atoms with Gasteiger partial charge in [0.2, 0.25) is 0 Å². The predicted octanol–water partition coefficient (Wildman–Crippen LogP) is 2.16. The molecule has 18 heavy (non-hydrogen) atoms. The smallest absolute Gasteiger partial charge is 0.169 e. The third kappa shape index (κ3) is 2.68. The minimum Gasteiger partial charge on any atom is -0.355 e. The number of ether oxygens (including phenoxy) is 2. The van der Waals surface area contributed by atoms with Crippen LogP contribution in [0, 0.1) is 11.6 Å². The summed E-state index contributed by atoms with van der Waals surface area (Å²) in [5, 5.41) is 3.21. The Balaban J connectivity index is 2.07. The van der Waals surface area contributed by atoms with Crippen LogP contribution in [0.3, 0.4) is 0 Å². The van der Waals surface area contributed by atoms with Gasteiger partial charge in [0.1, 0.15) is 11.6 Å². The first-order valence-corrected chi connectivity index (χ1v) is 5.92. The third-order valence-corrected chi connectivity index (χ3v) is 3.31. The largest absolute Gasteiger partial charge is 0.355 e. The number of fused-ring (bicyclic) bond motifs is 1. The van der Waals surface area contributed by atoms with Crippen molar-refractivity contribution in [3.05, 3.63) is 34.9 Å². The molecule has 1 aliphatic carbocycles. The van der Waals surface area contributed by atoms with Crippen LogP contribution >= 0.6 is 0 Å². The zero-order valence-corrected chi connectivity index (χ0v) is 10.5. The molecule has 1 atom stereocenters. The fraction of sp³-hybridized carbons (Fsp3) is 0.538. The maximum absolute atomic E-state index is 13.5. The second-order valence-corrected chi connectivity index (χ2v) is 4.36. The van der Waals surface area contributed by atoms with E-state index in [0.29, 0.717) is 24.1 Å². The lowest BCUT2D eigenvalue weighted by Crippen LogP contribution is -2.31. The summed E-state index contributed by atoms with van der Waals surface area (Å²) in [6.45, 7) is 0.481. The second kappa shape index (κ2) is 5.73. The van der Waals surface area contributed by atoms with Crippen LogP contribution in [-0.4, -0.2) is 27.1 Å². The van der Waals surface area contributed by atoms with Gasteiger partial charge in [-0.1, -0.05) is 0 Å². The van der Waals surface area contributed by atoms with E-state index in [-0.39, 0.29) is 12.3 Å². The quantitative estimate of drug-likeness (QED) is 0.820. The van der Waals surface area contributed by atoms with Gasteiger partial charge in [-0.05, 0) is 30.0 Å². The van der Waals surface area contributed by atoms with Gasteiger partial charge in [0, 0.05) is 32.9 Å². The predicted molar refractivity (Wildman–Crippen MR) is 63.2 cm³/mol. The lowest BCUT2D eigenvalue weighted by atomic mass is 10.1. The molecule has 0 spiro atoms. The molecule has 0 saturated heterocycles. The van der Waals surface area contributed by atoms with Crippen LogP contribution in [0.1, 0.15) is 23.6 Å². The van der Waals surface area contributed by atoms with Crippen LogP contribution in [0.15, 0.2) is 12.1 Å². The minimum absolute atomic E-state index is 0.0435. The van der Waals surface area contributed by atoms with Crippen molar-refractivity contribution in [2.45, 2.75) is 25.2 Å². The fourth-order valence-electron chi connectivity index (χ4n) is 2.36. The summed E-state index contributed by atoms with van der Waals surface area (Å²) in [6.07, 6.45) is 1.03. The Hall–Kier alpha value is -1.04. The van der Waals surface area contributed by atoms with Crippen molar-refractivity contribution >= 4 is 0 Å². The van der Waals surface area contributed by atoms with Gasteiger partial charge >= 0.3 is 0 Å². The molecule has 0 aliphatic heterocycles. The van der Waals surface area contributed by atoms with E-state index in [1.165, 1.54) is 6.07 Å². The van der Waals surface area contributed by atoms with E-state index >= 15 is 0 Å². The van der Waals surface area contributed by atoms with E-state index in [9.17, 15) is 8.78 Å². The molecule has 0 heterocycles. The molecule has 1 N–H and O–H groups in total. The average Bonchev–Trinajstić information content (AvgIpc) is 2.74. The highest BCUT2D eigenvalue weighted by molar-refractivity contribution is 5.36. The first-order chi connectivity index (χ1) is 8.65. The van der Waals surface area contributed by atoms with Crippen LogP contribution in [-0.2, 0) is 15.9 Å². The Kier molecular flexibility index (Phi) is 4.27. The highest BCUT2D eigenvalue weighted by atomic mass is 19.1. The summed E-state index contributed by atoms with van der Waals surface area (Å²) >= 11 is 0. The molecule has 0 radical (unpaired) electrons. The first-order valence-electron chi connectivity index (χ1n) is 5.92. The van der Waals surface area contributed by atoms with Crippen LogP contribution in [0.2, 0.25) is 0 Å². The number of nitrogens with one attached hydrogen (secondary N) is 1. The third-order valence-electron chi connectivity index (χ3n) is 3.31. The summed E-state index contributed by atoms with van der Waals surface area (Å²) in [6, 6.07) is 2.30. The number of rotatable bonds is 5. The summed E-state index contributed by atoms with van der Waals surface area (Å²) in [4.78, 5) is 0. The number of hydrogen-bond donors (Lipinski definition) is 1. The monoisotopic (exact) mass is 257 g/mol. The molecule has 0 fully saturated rings. The van der Waals surface area contributed by atoms with Crippen LogP contribution in [0.4, 0.5) is 8.78 Å². The molecular weight excluding hydrogens is 240 g/mol. The molecule has 1 aliphatic rings. The summed E-state index contributed by atoms with van der Waals surface area (Å²) in [5.74, 6) is -0.987. The van der Waals surface area contributed by atoms with E-state index in [0.717, 1.165) is 12.5 Å². The molecule has 1 unspecified atom stereocenters. The van der Waals surface area contributed by atoms with Crippen LogP contribution in [0.25, 0.3) is 0 Å². The van der Waals surface area contributed by atoms with Gasteiger partial charge in [0.25, 0.3) is 0 Å². The SMILES string of the molecule is COC(CNC1CCc2c(F)cc(F)cc21)OC. The zero-order chi connectivity index (χ0) is 13.1. The molecule has 0 bridgehead atoms. The van der Waals surface area contributed by atoms with Gasteiger partial charge < -0.3 is 14.8 Å². The van der Waals surface area contributed by atoms with Crippen molar-refractivity contribution in [2.75, 3.05) is 20.8 Å². The number of hydrogen-bond acceptors (Lipinski definition) is 3. The lowest BCUT2D eigenvalue weighted by Gasteiger charge is -2.19. The van der Waals surface area contributed by atoms with Crippen molar-refractivity contribution < 1.29 is 18.3 Å². The maximum atomic E-state index is 13.5. The topological polar surface area (TPSA) is 30.5 Å².